The molecule has 2 fully saturated rings. The number of carbonyl (C=O) groups excluding carboxylic acids is 1. The first-order valence-electron chi connectivity index (χ1n) is 7.24. The molecule has 0 bridgehead atoms. The van der Waals surface area contributed by atoms with Crippen molar-refractivity contribution in [2.75, 3.05) is 0 Å². The van der Waals surface area contributed by atoms with Crippen LogP contribution in [0.5, 0.6) is 0 Å². The lowest BCUT2D eigenvalue weighted by molar-refractivity contribution is -0.121. The van der Waals surface area contributed by atoms with Crippen LogP contribution in [0.2, 0.25) is 0 Å². The summed E-state index contributed by atoms with van der Waals surface area (Å²) >= 11 is 5.12. The number of ketones is 1. The molecule has 2 heterocycles. The Hall–Kier alpha value is -0.190. The summed E-state index contributed by atoms with van der Waals surface area (Å²) < 4.78 is 1.09. The second kappa shape index (κ2) is 6.06. The second-order valence-corrected chi connectivity index (χ2v) is 7.73. The summed E-state index contributed by atoms with van der Waals surface area (Å²) in [5, 5.41) is 5.68. The van der Waals surface area contributed by atoms with E-state index in [1.807, 2.05) is 5.38 Å². The molecule has 3 atom stereocenters. The van der Waals surface area contributed by atoms with Gasteiger partial charge in [-0.25, -0.2) is 0 Å². The highest BCUT2D eigenvalue weighted by Crippen LogP contribution is 2.32. The molecule has 4 heteroatoms. The monoisotopic (exact) mass is 341 g/mol. The van der Waals surface area contributed by atoms with E-state index < -0.39 is 0 Å². The van der Waals surface area contributed by atoms with Crippen LogP contribution in [0, 0.1) is 5.92 Å². The van der Waals surface area contributed by atoms with Gasteiger partial charge in [0.05, 0.1) is 6.04 Å². The van der Waals surface area contributed by atoms with Crippen LogP contribution in [0.1, 0.15) is 43.4 Å². The Morgan fingerprint density at radius 3 is 2.95 bits per heavy atom. The van der Waals surface area contributed by atoms with E-state index in [2.05, 4.69) is 27.3 Å². The molecule has 1 aliphatic carbocycles. The van der Waals surface area contributed by atoms with Crippen molar-refractivity contribution in [1.82, 2.24) is 5.32 Å². The first-order chi connectivity index (χ1) is 9.22. The highest BCUT2D eigenvalue weighted by Gasteiger charge is 2.34. The van der Waals surface area contributed by atoms with Crippen molar-refractivity contribution < 1.29 is 4.79 Å². The van der Waals surface area contributed by atoms with Gasteiger partial charge in [-0.15, -0.1) is 11.3 Å². The fourth-order valence-corrected chi connectivity index (χ4v) is 4.95. The van der Waals surface area contributed by atoms with Crippen LogP contribution in [0.3, 0.4) is 0 Å². The van der Waals surface area contributed by atoms with Gasteiger partial charge in [0, 0.05) is 27.2 Å². The highest BCUT2D eigenvalue weighted by molar-refractivity contribution is 9.10. The fourth-order valence-electron chi connectivity index (χ4n) is 3.49. The van der Waals surface area contributed by atoms with Crippen molar-refractivity contribution in [3.63, 3.8) is 0 Å². The zero-order valence-corrected chi connectivity index (χ0v) is 13.4. The molecule has 0 aromatic carbocycles. The van der Waals surface area contributed by atoms with Gasteiger partial charge in [-0.05, 0) is 53.6 Å². The first-order valence-corrected chi connectivity index (χ1v) is 8.91. The predicted octanol–water partition coefficient (Wildman–Crippen LogP) is 3.93. The molecule has 3 unspecified atom stereocenters. The fraction of sp³-hybridized carbons (Fsp3) is 0.667. The summed E-state index contributed by atoms with van der Waals surface area (Å²) in [5.41, 5.74) is 0. The number of piperidine rings is 1. The zero-order chi connectivity index (χ0) is 13.2. The molecule has 104 valence electrons. The Labute approximate surface area is 127 Å². The van der Waals surface area contributed by atoms with Gasteiger partial charge in [-0.2, -0.15) is 0 Å². The van der Waals surface area contributed by atoms with Crippen LogP contribution in [-0.2, 0) is 11.2 Å². The van der Waals surface area contributed by atoms with Crippen LogP contribution < -0.4 is 5.32 Å². The molecule has 19 heavy (non-hydrogen) atoms. The SMILES string of the molecule is O=C(Cc1cc(Br)cs1)C1CCC2CCCCC2N1. The van der Waals surface area contributed by atoms with E-state index in [0.29, 0.717) is 18.2 Å². The number of halogens is 1. The average molecular weight is 342 g/mol. The second-order valence-electron chi connectivity index (χ2n) is 5.82. The standard InChI is InChI=1S/C15H20BrNOS/c16-11-7-12(19-9-11)8-15(18)14-6-5-10-3-1-2-4-13(10)17-14/h7,9-10,13-14,17H,1-6,8H2. The van der Waals surface area contributed by atoms with Gasteiger partial charge in [0.2, 0.25) is 0 Å². The lowest BCUT2D eigenvalue weighted by Gasteiger charge is -2.40. The van der Waals surface area contributed by atoms with Gasteiger partial charge in [-0.1, -0.05) is 12.8 Å². The van der Waals surface area contributed by atoms with Crippen molar-refractivity contribution in [2.45, 2.75) is 57.0 Å². The van der Waals surface area contributed by atoms with Crippen LogP contribution in [0.4, 0.5) is 0 Å². The molecule has 2 nitrogen and oxygen atoms in total. The van der Waals surface area contributed by atoms with E-state index in [-0.39, 0.29) is 6.04 Å². The Morgan fingerprint density at radius 2 is 2.16 bits per heavy atom. The Morgan fingerprint density at radius 1 is 1.32 bits per heavy atom. The van der Waals surface area contributed by atoms with Crippen LogP contribution in [-0.4, -0.2) is 17.9 Å². The number of nitrogens with one attached hydrogen (secondary N) is 1. The minimum Gasteiger partial charge on any atom is -0.304 e. The molecule has 1 aromatic heterocycles. The minimum absolute atomic E-state index is 0.0974. The van der Waals surface area contributed by atoms with E-state index in [9.17, 15) is 4.79 Å². The van der Waals surface area contributed by atoms with E-state index in [1.165, 1.54) is 37.0 Å². The summed E-state index contributed by atoms with van der Waals surface area (Å²) in [4.78, 5) is 13.6. The number of hydrogen-bond acceptors (Lipinski definition) is 3. The summed E-state index contributed by atoms with van der Waals surface area (Å²) in [6.45, 7) is 0. The van der Waals surface area contributed by atoms with E-state index in [1.54, 1.807) is 11.3 Å². The quantitative estimate of drug-likeness (QED) is 0.902. The molecule has 0 spiro atoms. The van der Waals surface area contributed by atoms with Crippen molar-refractivity contribution in [1.29, 1.82) is 0 Å². The molecule has 1 saturated carbocycles. The van der Waals surface area contributed by atoms with Gasteiger partial charge in [-0.3, -0.25) is 4.79 Å². The van der Waals surface area contributed by atoms with Crippen molar-refractivity contribution in [3.8, 4) is 0 Å². The van der Waals surface area contributed by atoms with Crippen molar-refractivity contribution in [3.05, 3.63) is 20.8 Å². The van der Waals surface area contributed by atoms with Crippen LogP contribution in [0.25, 0.3) is 0 Å². The molecule has 1 aromatic rings. The third-order valence-corrected chi connectivity index (χ3v) is 6.21. The molecular weight excluding hydrogens is 322 g/mol. The van der Waals surface area contributed by atoms with Crippen LogP contribution >= 0.6 is 27.3 Å². The molecule has 0 radical (unpaired) electrons. The summed E-state index contributed by atoms with van der Waals surface area (Å²) in [7, 11) is 0. The van der Waals surface area contributed by atoms with E-state index >= 15 is 0 Å². The van der Waals surface area contributed by atoms with Gasteiger partial charge in [0.1, 0.15) is 0 Å². The maximum Gasteiger partial charge on any atom is 0.154 e. The van der Waals surface area contributed by atoms with Gasteiger partial charge >= 0.3 is 0 Å². The third-order valence-electron chi connectivity index (χ3n) is 4.51. The summed E-state index contributed by atoms with van der Waals surface area (Å²) in [6.07, 6.45) is 8.19. The number of thiophene rings is 1. The predicted molar refractivity (Wildman–Crippen MR) is 82.6 cm³/mol. The van der Waals surface area contributed by atoms with Gasteiger partial charge in [0.25, 0.3) is 0 Å². The van der Waals surface area contributed by atoms with E-state index in [4.69, 9.17) is 0 Å². The topological polar surface area (TPSA) is 29.1 Å². The Kier molecular flexibility index (Phi) is 4.40. The van der Waals surface area contributed by atoms with Crippen molar-refractivity contribution in [2.24, 2.45) is 5.92 Å². The Balaban J connectivity index is 1.58. The average Bonchev–Trinajstić information content (AvgIpc) is 2.83. The van der Waals surface area contributed by atoms with Gasteiger partial charge < -0.3 is 5.32 Å². The molecule has 0 amide bonds. The van der Waals surface area contributed by atoms with Crippen LogP contribution in [0.15, 0.2) is 15.9 Å². The van der Waals surface area contributed by atoms with Crippen molar-refractivity contribution >= 4 is 33.0 Å². The molecule has 2 aliphatic rings. The number of carbonyl (C=O) groups is 1. The Bertz CT molecular complexity index is 459. The smallest absolute Gasteiger partial charge is 0.154 e. The van der Waals surface area contributed by atoms with E-state index in [0.717, 1.165) is 16.8 Å². The molecule has 3 rings (SSSR count). The maximum absolute atomic E-state index is 12.4. The third kappa shape index (κ3) is 3.29. The first kappa shape index (κ1) is 13.8. The summed E-state index contributed by atoms with van der Waals surface area (Å²) in [5.74, 6) is 1.20. The summed E-state index contributed by atoms with van der Waals surface area (Å²) in [6, 6.07) is 2.76. The minimum atomic E-state index is 0.0974. The molecule has 1 aliphatic heterocycles. The number of rotatable bonds is 3. The highest BCUT2D eigenvalue weighted by atomic mass is 79.9. The normalized spacial score (nSPS) is 30.9. The molecule has 1 saturated heterocycles. The number of fused-ring (bicyclic) bond motifs is 1. The number of hydrogen-bond donors (Lipinski definition) is 1. The molecule has 1 N–H and O–H groups in total. The lowest BCUT2D eigenvalue weighted by Crippen LogP contribution is -2.52. The lowest BCUT2D eigenvalue weighted by atomic mass is 9.77. The molecular formula is C15H20BrNOS. The maximum atomic E-state index is 12.4. The largest absolute Gasteiger partial charge is 0.304 e. The number of Topliss-reactive ketones (excluding diaryl/α,β-unsaturated/α-hetero) is 1. The van der Waals surface area contributed by atoms with Gasteiger partial charge in [0.15, 0.2) is 5.78 Å². The zero-order valence-electron chi connectivity index (χ0n) is 11.0.